The smallest absolute Gasteiger partial charge is 0.481 e. The average molecular weight is 506 g/mol. The molecule has 1 aromatic rings. The molecule has 2 amide bonds. The van der Waals surface area contributed by atoms with E-state index >= 15 is 0 Å². The second-order valence-corrected chi connectivity index (χ2v) is 11.1. The van der Waals surface area contributed by atoms with Crippen LogP contribution in [0.2, 0.25) is 0 Å². The zero-order valence-corrected chi connectivity index (χ0v) is 23.2. The maximum Gasteiger partial charge on any atom is 0.481 e. The summed E-state index contributed by atoms with van der Waals surface area (Å²) in [5, 5.41) is 5.64. The number of methoxy groups -OCH3 is 2. The third-order valence-electron chi connectivity index (χ3n) is 6.38. The van der Waals surface area contributed by atoms with Gasteiger partial charge in [0, 0.05) is 7.11 Å². The summed E-state index contributed by atoms with van der Waals surface area (Å²) in [6.45, 7) is 13.2. The standard InChI is InChI=1S/C26H43BN2O7/c1-24(2,3)34-23(31)28-20(17-32-8)22(30)29-21(27-35-25(4,5)26(6,7)36-27)15-11-13-18-12-10-14-19(16-18)33-9/h10,12,14,16,20-21H,11,13,15,17H2,1-9H3,(H,28,31)(H,29,30)/t20-,21+/m1/s1. The molecule has 0 saturated carbocycles. The molecule has 36 heavy (non-hydrogen) atoms. The zero-order valence-electron chi connectivity index (χ0n) is 23.2. The lowest BCUT2D eigenvalue weighted by molar-refractivity contribution is -0.124. The van der Waals surface area contributed by atoms with Gasteiger partial charge in [-0.25, -0.2) is 4.79 Å². The fourth-order valence-corrected chi connectivity index (χ4v) is 3.77. The second-order valence-electron chi connectivity index (χ2n) is 11.1. The molecule has 1 aliphatic heterocycles. The van der Waals surface area contributed by atoms with E-state index in [0.717, 1.165) is 24.2 Å². The molecule has 1 aromatic carbocycles. The molecular weight excluding hydrogens is 463 g/mol. The first-order valence-corrected chi connectivity index (χ1v) is 12.4. The third-order valence-corrected chi connectivity index (χ3v) is 6.38. The molecule has 0 radical (unpaired) electrons. The lowest BCUT2D eigenvalue weighted by atomic mass is 9.75. The molecule has 9 nitrogen and oxygen atoms in total. The molecular formula is C26H43BN2O7. The lowest BCUT2D eigenvalue weighted by Crippen LogP contribution is -2.56. The highest BCUT2D eigenvalue weighted by atomic mass is 16.7. The van der Waals surface area contributed by atoms with Crippen molar-refractivity contribution in [2.45, 2.75) is 96.5 Å². The molecule has 0 spiro atoms. The highest BCUT2D eigenvalue weighted by Crippen LogP contribution is 2.38. The Kier molecular flexibility index (Phi) is 10.2. The van der Waals surface area contributed by atoms with Crippen LogP contribution in [0.25, 0.3) is 0 Å². The van der Waals surface area contributed by atoms with E-state index < -0.39 is 47.9 Å². The van der Waals surface area contributed by atoms with E-state index in [0.29, 0.717) is 6.42 Å². The van der Waals surface area contributed by atoms with E-state index in [1.165, 1.54) is 7.11 Å². The molecule has 10 heteroatoms. The lowest BCUT2D eigenvalue weighted by Gasteiger charge is -2.32. The maximum absolute atomic E-state index is 13.3. The van der Waals surface area contributed by atoms with Crippen molar-refractivity contribution in [1.29, 1.82) is 0 Å². The van der Waals surface area contributed by atoms with Gasteiger partial charge in [0.15, 0.2) is 0 Å². The van der Waals surface area contributed by atoms with Crippen LogP contribution in [0.4, 0.5) is 4.79 Å². The molecule has 0 unspecified atom stereocenters. The monoisotopic (exact) mass is 506 g/mol. The molecule has 202 valence electrons. The van der Waals surface area contributed by atoms with Crippen molar-refractivity contribution in [2.75, 3.05) is 20.8 Å². The molecule has 2 rings (SSSR count). The highest BCUT2D eigenvalue weighted by molar-refractivity contribution is 6.48. The van der Waals surface area contributed by atoms with Gasteiger partial charge in [-0.3, -0.25) is 4.79 Å². The number of nitrogens with one attached hydrogen (secondary N) is 2. The predicted molar refractivity (Wildman–Crippen MR) is 139 cm³/mol. The molecule has 0 aliphatic carbocycles. The van der Waals surface area contributed by atoms with Gasteiger partial charge in [-0.15, -0.1) is 0 Å². The Morgan fingerprint density at radius 3 is 2.25 bits per heavy atom. The number of hydrogen-bond donors (Lipinski definition) is 2. The van der Waals surface area contributed by atoms with Crippen molar-refractivity contribution in [3.8, 4) is 5.75 Å². The van der Waals surface area contributed by atoms with Gasteiger partial charge in [-0.2, -0.15) is 0 Å². The molecule has 0 bridgehead atoms. The van der Waals surface area contributed by atoms with E-state index in [-0.39, 0.29) is 6.61 Å². The fraction of sp³-hybridized carbons (Fsp3) is 0.692. The third kappa shape index (κ3) is 8.67. The van der Waals surface area contributed by atoms with Crippen LogP contribution in [-0.4, -0.2) is 68.7 Å². The van der Waals surface area contributed by atoms with Crippen molar-refractivity contribution in [2.24, 2.45) is 0 Å². The van der Waals surface area contributed by atoms with Crippen molar-refractivity contribution >= 4 is 19.1 Å². The Morgan fingerprint density at radius 1 is 1.06 bits per heavy atom. The number of aryl methyl sites for hydroxylation is 1. The fourth-order valence-electron chi connectivity index (χ4n) is 3.77. The summed E-state index contributed by atoms with van der Waals surface area (Å²) in [5.41, 5.74) is -0.650. The average Bonchev–Trinajstić information content (AvgIpc) is 2.98. The molecule has 2 atom stereocenters. The summed E-state index contributed by atoms with van der Waals surface area (Å²) < 4.78 is 28.3. The molecule has 1 heterocycles. The van der Waals surface area contributed by atoms with Crippen LogP contribution in [0.3, 0.4) is 0 Å². The first-order chi connectivity index (χ1) is 16.7. The zero-order chi connectivity index (χ0) is 27.1. The van der Waals surface area contributed by atoms with Gasteiger partial charge in [0.25, 0.3) is 0 Å². The van der Waals surface area contributed by atoms with E-state index in [4.69, 9.17) is 23.5 Å². The van der Waals surface area contributed by atoms with Crippen LogP contribution < -0.4 is 15.4 Å². The van der Waals surface area contributed by atoms with Gasteiger partial charge in [0.05, 0.1) is 30.9 Å². The van der Waals surface area contributed by atoms with Gasteiger partial charge in [-0.05, 0) is 85.4 Å². The van der Waals surface area contributed by atoms with Crippen LogP contribution in [0, 0.1) is 0 Å². The van der Waals surface area contributed by atoms with Gasteiger partial charge in [0.1, 0.15) is 17.4 Å². The minimum absolute atomic E-state index is 0.00896. The largest absolute Gasteiger partial charge is 0.497 e. The van der Waals surface area contributed by atoms with Crippen molar-refractivity contribution in [3.63, 3.8) is 0 Å². The molecule has 1 saturated heterocycles. The van der Waals surface area contributed by atoms with Gasteiger partial charge in [0.2, 0.25) is 5.91 Å². The minimum Gasteiger partial charge on any atom is -0.497 e. The van der Waals surface area contributed by atoms with Crippen LogP contribution in [0.15, 0.2) is 24.3 Å². The minimum atomic E-state index is -0.937. The van der Waals surface area contributed by atoms with E-state index in [1.54, 1.807) is 27.9 Å². The summed E-state index contributed by atoms with van der Waals surface area (Å²) >= 11 is 0. The van der Waals surface area contributed by atoms with Crippen LogP contribution >= 0.6 is 0 Å². The second kappa shape index (κ2) is 12.3. The van der Waals surface area contributed by atoms with Crippen molar-refractivity contribution < 1.29 is 33.1 Å². The first kappa shape index (κ1) is 29.9. The summed E-state index contributed by atoms with van der Waals surface area (Å²) in [6.07, 6.45) is 1.48. The number of benzene rings is 1. The number of ether oxygens (including phenoxy) is 3. The van der Waals surface area contributed by atoms with E-state index in [9.17, 15) is 9.59 Å². The number of amides is 2. The van der Waals surface area contributed by atoms with Crippen LogP contribution in [0.1, 0.15) is 66.9 Å². The number of alkyl carbamates (subject to hydrolysis) is 1. The Labute approximate surface area is 216 Å². The van der Waals surface area contributed by atoms with E-state index in [2.05, 4.69) is 10.6 Å². The van der Waals surface area contributed by atoms with Crippen molar-refractivity contribution in [1.82, 2.24) is 10.6 Å². The van der Waals surface area contributed by atoms with Gasteiger partial charge in [-0.1, -0.05) is 12.1 Å². The first-order valence-electron chi connectivity index (χ1n) is 12.4. The Hall–Kier alpha value is -2.30. The molecule has 1 aliphatic rings. The number of carbonyl (C=O) groups is 2. The topological polar surface area (TPSA) is 104 Å². The number of hydrogen-bond acceptors (Lipinski definition) is 7. The molecule has 0 aromatic heterocycles. The maximum atomic E-state index is 13.3. The Bertz CT molecular complexity index is 869. The summed E-state index contributed by atoms with van der Waals surface area (Å²) in [6, 6.07) is 6.98. The van der Waals surface area contributed by atoms with Gasteiger partial charge >= 0.3 is 13.2 Å². The van der Waals surface area contributed by atoms with Crippen LogP contribution in [0.5, 0.6) is 5.75 Å². The predicted octanol–water partition coefficient (Wildman–Crippen LogP) is 3.67. The summed E-state index contributed by atoms with van der Waals surface area (Å²) in [5.74, 6) is -0.0355. The summed E-state index contributed by atoms with van der Waals surface area (Å²) in [7, 11) is 2.47. The Morgan fingerprint density at radius 2 is 1.69 bits per heavy atom. The van der Waals surface area contributed by atoms with Crippen molar-refractivity contribution in [3.05, 3.63) is 29.8 Å². The molecule has 1 fully saturated rings. The highest BCUT2D eigenvalue weighted by Gasteiger charge is 2.54. The van der Waals surface area contributed by atoms with Gasteiger partial charge < -0.3 is 34.2 Å². The molecule has 2 N–H and O–H groups in total. The number of carbonyl (C=O) groups excluding carboxylic acids is 2. The number of rotatable bonds is 11. The normalized spacial score (nSPS) is 18.3. The van der Waals surface area contributed by atoms with Crippen LogP contribution in [-0.2, 0) is 30.0 Å². The summed E-state index contributed by atoms with van der Waals surface area (Å²) in [4.78, 5) is 25.6. The van der Waals surface area contributed by atoms with E-state index in [1.807, 2.05) is 52.0 Å². The quantitative estimate of drug-likeness (QED) is 0.442. The SMILES string of the molecule is COC[C@@H](NC(=O)OC(C)(C)C)C(=O)N[C@@H](CCCc1cccc(OC)c1)B1OC(C)(C)C(C)(C)O1. The Balaban J connectivity index is 2.13.